The van der Waals surface area contributed by atoms with Crippen molar-refractivity contribution in [3.63, 3.8) is 0 Å². The van der Waals surface area contributed by atoms with Crippen LogP contribution in [0, 0.1) is 0 Å². The number of rotatable bonds is 27. The first-order valence-electron chi connectivity index (χ1n) is 36.0. The van der Waals surface area contributed by atoms with Gasteiger partial charge in [-0.3, -0.25) is 4.79 Å². The molecule has 0 aliphatic heterocycles. The van der Waals surface area contributed by atoms with E-state index in [0.29, 0.717) is 84.6 Å². The summed E-state index contributed by atoms with van der Waals surface area (Å²) >= 11 is 0. The van der Waals surface area contributed by atoms with Crippen LogP contribution in [0.4, 0.5) is 52.8 Å². The summed E-state index contributed by atoms with van der Waals surface area (Å²) in [5.74, 6) is 3.78. The Hall–Kier alpha value is -9.46. The molecule has 25 nitrogen and oxygen atoms in total. The minimum Gasteiger partial charge on any atom is -0.383 e. The van der Waals surface area contributed by atoms with Crippen molar-refractivity contribution in [2.75, 3.05) is 84.8 Å². The molecule has 2 aromatic carbocycles. The van der Waals surface area contributed by atoms with E-state index in [2.05, 4.69) is 174 Å². The summed E-state index contributed by atoms with van der Waals surface area (Å²) in [7, 11) is 13.0. The van der Waals surface area contributed by atoms with E-state index in [-0.39, 0.29) is 5.91 Å². The van der Waals surface area contributed by atoms with Crippen LogP contribution in [-0.4, -0.2) is 170 Å². The number of carbonyl (C=O) groups is 1. The van der Waals surface area contributed by atoms with Crippen LogP contribution in [0.25, 0.3) is 16.9 Å². The Labute approximate surface area is 590 Å². The summed E-state index contributed by atoms with van der Waals surface area (Å²) < 4.78 is 5.40. The lowest BCUT2D eigenvalue weighted by Crippen LogP contribution is -2.38. The van der Waals surface area contributed by atoms with Gasteiger partial charge in [0.2, 0.25) is 41.6 Å². The highest BCUT2D eigenvalue weighted by Gasteiger charge is 2.29. The van der Waals surface area contributed by atoms with E-state index in [1.165, 1.54) is 44.6 Å². The summed E-state index contributed by atoms with van der Waals surface area (Å²) in [6.45, 7) is 25.9. The number of nitrogens with one attached hydrogen (secondary N) is 9. The van der Waals surface area contributed by atoms with E-state index < -0.39 is 0 Å². The summed E-state index contributed by atoms with van der Waals surface area (Å²) in [6.07, 6.45) is 31.2. The SMILES string of the molecule is C=CC(=C)NC1CCCC(Nc2nc(NC3CCC(N(C)C)CC3)nc3c(CC)cnn23)C1.C=CC(=C)Nc1cccc(Nc2nc(NC3CCC(N(C)C)CC3)nc3c(CC)cnn23)c1.C=CC(=O)Nc1cccc(CNc2nc(NC3CCC(N(C)C)CC3)nc3c(CC)cnn23)c1. The van der Waals surface area contributed by atoms with Crippen LogP contribution in [0.5, 0.6) is 0 Å². The number of fused-ring (bicyclic) bond motifs is 3. The number of aromatic nitrogens is 12. The second-order valence-electron chi connectivity index (χ2n) is 27.6. The molecule has 2 atom stereocenters. The third kappa shape index (κ3) is 19.5. The zero-order valence-corrected chi connectivity index (χ0v) is 60.5. The average Bonchev–Trinajstić information content (AvgIpc) is 1.63. The van der Waals surface area contributed by atoms with Crippen molar-refractivity contribution in [3.8, 4) is 0 Å². The van der Waals surface area contributed by atoms with Gasteiger partial charge in [0.05, 0.1) is 18.6 Å². The highest BCUT2D eigenvalue weighted by molar-refractivity contribution is 5.98. The molecule has 4 aliphatic rings. The summed E-state index contributed by atoms with van der Waals surface area (Å²) in [4.78, 5) is 47.6. The Bertz CT molecular complexity index is 4050. The van der Waals surface area contributed by atoms with Crippen LogP contribution in [0.1, 0.15) is 146 Å². The van der Waals surface area contributed by atoms with Crippen molar-refractivity contribution in [2.45, 2.75) is 198 Å². The molecule has 0 spiro atoms. The van der Waals surface area contributed by atoms with Gasteiger partial charge >= 0.3 is 0 Å². The first-order valence-corrected chi connectivity index (χ1v) is 36.0. The fourth-order valence-corrected chi connectivity index (χ4v) is 13.9. The molecule has 0 saturated heterocycles. The predicted octanol–water partition coefficient (Wildman–Crippen LogP) is 12.5. The Kier molecular flexibility index (Phi) is 25.7. The molecule has 4 saturated carbocycles. The molecule has 100 heavy (non-hydrogen) atoms. The van der Waals surface area contributed by atoms with E-state index in [4.69, 9.17) is 29.9 Å². The quantitative estimate of drug-likeness (QED) is 0.0171. The fourth-order valence-electron chi connectivity index (χ4n) is 13.9. The molecule has 534 valence electrons. The molecule has 25 heteroatoms. The van der Waals surface area contributed by atoms with Crippen molar-refractivity contribution in [1.82, 2.24) is 78.8 Å². The summed E-state index contributed by atoms with van der Waals surface area (Å²) in [6, 6.07) is 19.5. The Morgan fingerprint density at radius 2 is 0.910 bits per heavy atom. The van der Waals surface area contributed by atoms with Gasteiger partial charge in [0.15, 0.2) is 16.9 Å². The third-order valence-corrected chi connectivity index (χ3v) is 19.9. The molecule has 4 fully saturated rings. The number of carbonyl (C=O) groups excluding carboxylic acids is 1. The zero-order chi connectivity index (χ0) is 70.8. The van der Waals surface area contributed by atoms with Crippen LogP contribution in [0.2, 0.25) is 0 Å². The van der Waals surface area contributed by atoms with Crippen molar-refractivity contribution >= 4 is 75.6 Å². The molecule has 2 unspecified atom stereocenters. The zero-order valence-electron chi connectivity index (χ0n) is 60.5. The minimum atomic E-state index is -0.235. The number of amides is 1. The highest BCUT2D eigenvalue weighted by atomic mass is 16.1. The minimum absolute atomic E-state index is 0.235. The first kappa shape index (κ1) is 73.3. The molecule has 0 radical (unpaired) electrons. The third-order valence-electron chi connectivity index (χ3n) is 19.9. The van der Waals surface area contributed by atoms with Gasteiger partial charge in [0.1, 0.15) is 0 Å². The fraction of sp³-hybridized carbons (Fsp3) is 0.493. The molecule has 0 bridgehead atoms. The molecular formula is C75H108N24O. The Morgan fingerprint density at radius 1 is 0.480 bits per heavy atom. The van der Waals surface area contributed by atoms with Gasteiger partial charge in [-0.05, 0) is 218 Å². The van der Waals surface area contributed by atoms with E-state index in [1.54, 1.807) is 21.2 Å². The van der Waals surface area contributed by atoms with E-state index in [9.17, 15) is 4.79 Å². The maximum Gasteiger partial charge on any atom is 0.247 e. The van der Waals surface area contributed by atoms with Gasteiger partial charge in [0, 0.05) is 100 Å². The van der Waals surface area contributed by atoms with Crippen LogP contribution < -0.4 is 47.9 Å². The van der Waals surface area contributed by atoms with Gasteiger partial charge in [-0.15, -0.1) is 0 Å². The molecule has 8 aromatic rings. The number of nitrogens with zero attached hydrogens (tertiary/aromatic N) is 15. The van der Waals surface area contributed by atoms with Gasteiger partial charge in [-0.2, -0.15) is 58.7 Å². The van der Waals surface area contributed by atoms with Crippen LogP contribution in [0.15, 0.2) is 130 Å². The standard InChI is InChI=1S/C25H34N8O.C25H40N8.C25H34N8/c1-5-18-16-27-33-23(18)30-24(29-19-10-12-21(13-11-19)32(3)4)31-25(33)26-15-17-8-7-9-20(14-17)28-22(34)6-2;2*1-6-17(3)27-20-9-8-10-21(15-20)29-25-31-24(30-23-18(7-2)16-26-33(23)25)28-19-11-13-22(14-12-19)32(4)5/h6-9,14,16,19,21H,2,5,10-13,15H2,1,3-4H3,(H,28,34)(H2,26,29,30,31);6,16,19-22,27H,1,3,7-15H2,2,4-5H3,(H2,28,29,30,31);6,8-10,15-16,19,22,27H,1,3,7,11-14H2,2,4-5H3,(H2,28,29,30,31). The number of anilines is 9. The molecular weight excluding hydrogens is 1250 g/mol. The van der Waals surface area contributed by atoms with Crippen molar-refractivity contribution in [3.05, 3.63) is 152 Å². The number of aryl methyl sites for hydroxylation is 3. The molecule has 6 heterocycles. The summed E-state index contributed by atoms with van der Waals surface area (Å²) in [5.41, 5.74) is 11.0. The first-order chi connectivity index (χ1) is 48.4. The monoisotopic (exact) mass is 1360 g/mol. The number of hydrogen-bond acceptors (Lipinski definition) is 21. The van der Waals surface area contributed by atoms with Crippen LogP contribution in [0.3, 0.4) is 0 Å². The molecule has 6 aromatic heterocycles. The number of allylic oxidation sites excluding steroid dienone is 2. The lowest BCUT2D eigenvalue weighted by atomic mass is 9.90. The van der Waals surface area contributed by atoms with Crippen LogP contribution >= 0.6 is 0 Å². The smallest absolute Gasteiger partial charge is 0.247 e. The molecule has 1 amide bonds. The van der Waals surface area contributed by atoms with E-state index in [0.717, 1.165) is 157 Å². The van der Waals surface area contributed by atoms with Gasteiger partial charge in [-0.25, -0.2) is 0 Å². The van der Waals surface area contributed by atoms with E-state index in [1.807, 2.05) is 71.6 Å². The van der Waals surface area contributed by atoms with Crippen molar-refractivity contribution in [2.24, 2.45) is 0 Å². The number of hydrogen-bond donors (Lipinski definition) is 9. The predicted molar refractivity (Wildman–Crippen MR) is 408 cm³/mol. The van der Waals surface area contributed by atoms with Gasteiger partial charge < -0.3 is 62.6 Å². The average molecular weight is 1360 g/mol. The second-order valence-corrected chi connectivity index (χ2v) is 27.6. The summed E-state index contributed by atoms with van der Waals surface area (Å²) in [5, 5.41) is 44.5. The van der Waals surface area contributed by atoms with E-state index >= 15 is 0 Å². The second kappa shape index (κ2) is 35.0. The van der Waals surface area contributed by atoms with Crippen molar-refractivity contribution in [1.29, 1.82) is 0 Å². The lowest BCUT2D eigenvalue weighted by Gasteiger charge is -2.33. The van der Waals surface area contributed by atoms with Gasteiger partial charge in [0.25, 0.3) is 0 Å². The highest BCUT2D eigenvalue weighted by Crippen LogP contribution is 2.31. The normalized spacial score (nSPS) is 20.7. The van der Waals surface area contributed by atoms with Crippen LogP contribution in [-0.2, 0) is 30.6 Å². The molecule has 12 rings (SSSR count). The number of benzene rings is 2. The maximum atomic E-state index is 11.6. The largest absolute Gasteiger partial charge is 0.383 e. The Morgan fingerprint density at radius 3 is 1.38 bits per heavy atom. The Balaban J connectivity index is 0.000000162. The lowest BCUT2D eigenvalue weighted by molar-refractivity contribution is -0.111. The molecule has 9 N–H and O–H groups in total. The maximum absolute atomic E-state index is 11.6. The van der Waals surface area contributed by atoms with Crippen molar-refractivity contribution < 1.29 is 4.79 Å². The topological polar surface area (TPSA) is 264 Å². The van der Waals surface area contributed by atoms with Gasteiger partial charge in [-0.1, -0.05) is 71.9 Å². The molecule has 4 aliphatic carbocycles.